The summed E-state index contributed by atoms with van der Waals surface area (Å²) < 4.78 is 5.35. The Bertz CT molecular complexity index is 532. The van der Waals surface area contributed by atoms with E-state index in [1.807, 2.05) is 0 Å². The molecule has 3 aliphatic rings. The molecule has 5 N–H and O–H groups in total. The average Bonchev–Trinajstić information content (AvgIpc) is 2.93. The summed E-state index contributed by atoms with van der Waals surface area (Å²) in [6.07, 6.45) is -3.18. The van der Waals surface area contributed by atoms with Crippen LogP contribution in [0.5, 0.6) is 0 Å². The molecule has 20 heavy (non-hydrogen) atoms. The van der Waals surface area contributed by atoms with Gasteiger partial charge in [0, 0.05) is 0 Å². The highest BCUT2D eigenvalue weighted by atomic mass is 16.6. The number of aliphatic hydroxyl groups is 3. The maximum Gasteiger partial charge on any atom is 0.281 e. The number of rotatable bonds is 2. The minimum absolute atomic E-state index is 0.178. The molecule has 0 bridgehead atoms. The number of aliphatic hydroxyl groups excluding tert-OH is 3. The highest BCUT2D eigenvalue weighted by molar-refractivity contribution is 6.21. The van der Waals surface area contributed by atoms with Gasteiger partial charge in [-0.05, 0) is 0 Å². The van der Waals surface area contributed by atoms with Crippen molar-refractivity contribution in [3.05, 3.63) is 0 Å². The number of aliphatic imine (C=N–C) groups is 3. The third-order valence-electron chi connectivity index (χ3n) is 3.33. The molecule has 3 heterocycles. The number of guanidine groups is 1. The van der Waals surface area contributed by atoms with E-state index in [1.54, 1.807) is 0 Å². The van der Waals surface area contributed by atoms with Gasteiger partial charge in [-0.25, -0.2) is 0 Å². The standard InChI is InChI=1S/C10H13N5O5/c11-10-13-7-4(8(19)14-10)12-2-15(7)9-6(18)5(17)3(1-16)20-9/h2-6,9,16-18H,1H2,(H2,11,14,19)/t3-,4?,5?,6?,9-/m1/s1. The first-order valence-corrected chi connectivity index (χ1v) is 5.93. The van der Waals surface area contributed by atoms with Crippen molar-refractivity contribution in [3.63, 3.8) is 0 Å². The van der Waals surface area contributed by atoms with Crippen LogP contribution in [0, 0.1) is 0 Å². The zero-order valence-corrected chi connectivity index (χ0v) is 10.2. The molecule has 0 aliphatic carbocycles. The monoisotopic (exact) mass is 283 g/mol. The average molecular weight is 283 g/mol. The van der Waals surface area contributed by atoms with Crippen molar-refractivity contribution in [1.29, 1.82) is 0 Å². The number of nitrogens with zero attached hydrogens (tertiary/aromatic N) is 4. The van der Waals surface area contributed by atoms with E-state index in [4.69, 9.17) is 15.6 Å². The summed E-state index contributed by atoms with van der Waals surface area (Å²) in [7, 11) is 0. The van der Waals surface area contributed by atoms with Gasteiger partial charge in [0.25, 0.3) is 5.91 Å². The largest absolute Gasteiger partial charge is 0.394 e. The fraction of sp³-hybridized carbons (Fsp3) is 0.600. The van der Waals surface area contributed by atoms with Gasteiger partial charge in [0.2, 0.25) is 5.96 Å². The van der Waals surface area contributed by atoms with Gasteiger partial charge >= 0.3 is 0 Å². The van der Waals surface area contributed by atoms with Gasteiger partial charge in [-0.2, -0.15) is 9.98 Å². The molecule has 0 saturated carbocycles. The normalized spacial score (nSPS) is 39.9. The molecule has 10 heteroatoms. The van der Waals surface area contributed by atoms with Crippen LogP contribution in [-0.4, -0.2) is 81.4 Å². The lowest BCUT2D eigenvalue weighted by Gasteiger charge is -2.27. The molecule has 0 radical (unpaired) electrons. The second kappa shape index (κ2) is 4.59. The van der Waals surface area contributed by atoms with Crippen molar-refractivity contribution in [1.82, 2.24) is 4.90 Å². The van der Waals surface area contributed by atoms with E-state index in [1.165, 1.54) is 11.2 Å². The minimum atomic E-state index is -1.28. The Hall–Kier alpha value is -1.88. The highest BCUT2D eigenvalue weighted by Gasteiger charge is 2.49. The van der Waals surface area contributed by atoms with Crippen LogP contribution in [0.1, 0.15) is 0 Å². The molecule has 0 aromatic rings. The molecule has 3 aliphatic heterocycles. The van der Waals surface area contributed by atoms with Crippen molar-refractivity contribution in [2.24, 2.45) is 20.7 Å². The van der Waals surface area contributed by atoms with E-state index >= 15 is 0 Å². The minimum Gasteiger partial charge on any atom is -0.394 e. The smallest absolute Gasteiger partial charge is 0.281 e. The molecule has 1 fully saturated rings. The molecule has 1 saturated heterocycles. The van der Waals surface area contributed by atoms with Gasteiger partial charge < -0.3 is 25.8 Å². The van der Waals surface area contributed by atoms with E-state index in [9.17, 15) is 15.0 Å². The van der Waals surface area contributed by atoms with Crippen LogP contribution in [0.2, 0.25) is 0 Å². The number of nitrogens with two attached hydrogens (primary N) is 1. The Balaban J connectivity index is 1.87. The quantitative estimate of drug-likeness (QED) is 0.408. The number of amides is 1. The Labute approximate surface area is 112 Å². The number of carbonyl (C=O) groups excluding carboxylic acids is 1. The Morgan fingerprint density at radius 3 is 2.75 bits per heavy atom. The zero-order chi connectivity index (χ0) is 14.4. The number of ether oxygens (including phenoxy) is 1. The Kier molecular flexibility index (Phi) is 3.01. The van der Waals surface area contributed by atoms with Crippen LogP contribution >= 0.6 is 0 Å². The molecule has 0 spiro atoms. The van der Waals surface area contributed by atoms with Crippen LogP contribution in [-0.2, 0) is 9.53 Å². The third-order valence-corrected chi connectivity index (χ3v) is 3.33. The van der Waals surface area contributed by atoms with E-state index in [0.717, 1.165) is 0 Å². The van der Waals surface area contributed by atoms with E-state index in [-0.39, 0.29) is 11.8 Å². The molecule has 3 rings (SSSR count). The summed E-state index contributed by atoms with van der Waals surface area (Å²) in [5, 5.41) is 28.7. The maximum absolute atomic E-state index is 11.6. The molecule has 1 amide bonds. The molecule has 10 nitrogen and oxygen atoms in total. The summed E-state index contributed by atoms with van der Waals surface area (Å²) in [6.45, 7) is -0.446. The summed E-state index contributed by atoms with van der Waals surface area (Å²) in [5.41, 5.74) is 5.42. The lowest BCUT2D eigenvalue weighted by molar-refractivity contribution is -0.117. The first-order chi connectivity index (χ1) is 9.52. The predicted molar refractivity (Wildman–Crippen MR) is 65.9 cm³/mol. The molecule has 3 unspecified atom stereocenters. The summed E-state index contributed by atoms with van der Waals surface area (Å²) in [4.78, 5) is 24.3. The third kappa shape index (κ3) is 1.81. The topological polar surface area (TPSA) is 153 Å². The molecular weight excluding hydrogens is 270 g/mol. The van der Waals surface area contributed by atoms with E-state index in [2.05, 4.69) is 15.0 Å². The van der Waals surface area contributed by atoms with Gasteiger partial charge in [0.05, 0.1) is 12.9 Å². The van der Waals surface area contributed by atoms with Crippen LogP contribution in [0.4, 0.5) is 0 Å². The molecule has 5 atom stereocenters. The lowest BCUT2D eigenvalue weighted by Crippen LogP contribution is -2.49. The Morgan fingerprint density at radius 1 is 1.35 bits per heavy atom. The van der Waals surface area contributed by atoms with Gasteiger partial charge in [-0.3, -0.25) is 14.7 Å². The molecule has 0 aromatic heterocycles. The van der Waals surface area contributed by atoms with Crippen molar-refractivity contribution in [2.75, 3.05) is 6.61 Å². The number of hydrogen-bond donors (Lipinski definition) is 4. The highest BCUT2D eigenvalue weighted by Crippen LogP contribution is 2.27. The van der Waals surface area contributed by atoms with Crippen LogP contribution in [0.25, 0.3) is 0 Å². The number of hydrogen-bond acceptors (Lipinski definition) is 9. The molecule has 0 aromatic carbocycles. The maximum atomic E-state index is 11.6. The van der Waals surface area contributed by atoms with E-state index < -0.39 is 43.1 Å². The fourth-order valence-electron chi connectivity index (χ4n) is 2.32. The molecule has 108 valence electrons. The summed E-state index contributed by atoms with van der Waals surface area (Å²) in [5.74, 6) is -0.584. The van der Waals surface area contributed by atoms with Gasteiger partial charge in [0.1, 0.15) is 18.3 Å². The fourth-order valence-corrected chi connectivity index (χ4v) is 2.32. The second-order valence-corrected chi connectivity index (χ2v) is 4.58. The number of amidine groups is 1. The van der Waals surface area contributed by atoms with Gasteiger partial charge in [-0.15, -0.1) is 0 Å². The van der Waals surface area contributed by atoms with Gasteiger partial charge in [0.15, 0.2) is 18.1 Å². The van der Waals surface area contributed by atoms with Crippen molar-refractivity contribution in [2.45, 2.75) is 30.6 Å². The van der Waals surface area contributed by atoms with Crippen molar-refractivity contribution >= 4 is 24.0 Å². The van der Waals surface area contributed by atoms with Gasteiger partial charge in [-0.1, -0.05) is 0 Å². The lowest BCUT2D eigenvalue weighted by atomic mass is 10.1. The Morgan fingerprint density at radius 2 is 2.10 bits per heavy atom. The number of fused-ring (bicyclic) bond motifs is 1. The zero-order valence-electron chi connectivity index (χ0n) is 10.2. The van der Waals surface area contributed by atoms with Crippen molar-refractivity contribution in [3.8, 4) is 0 Å². The first-order valence-electron chi connectivity index (χ1n) is 5.93. The van der Waals surface area contributed by atoms with Crippen molar-refractivity contribution < 1.29 is 24.9 Å². The second-order valence-electron chi connectivity index (χ2n) is 4.58. The SMILES string of the molecule is NC1=NC(=O)C2N=CN([C@@H]3O[C@H](CO)C(O)C3O)C2=N1. The van der Waals surface area contributed by atoms with Crippen LogP contribution < -0.4 is 5.73 Å². The van der Waals surface area contributed by atoms with Crippen LogP contribution in [0.3, 0.4) is 0 Å². The summed E-state index contributed by atoms with van der Waals surface area (Å²) in [6, 6.07) is -0.914. The number of carbonyl (C=O) groups is 1. The van der Waals surface area contributed by atoms with Crippen LogP contribution in [0.15, 0.2) is 15.0 Å². The first kappa shape index (κ1) is 13.1. The summed E-state index contributed by atoms with van der Waals surface area (Å²) >= 11 is 0. The predicted octanol–water partition coefficient (Wildman–Crippen LogP) is -3.61. The molecular formula is C10H13N5O5. The van der Waals surface area contributed by atoms with E-state index in [0.29, 0.717) is 0 Å².